The van der Waals surface area contributed by atoms with E-state index in [1.165, 1.54) is 149 Å². The minimum atomic E-state index is 0.848. The normalized spacial score (nSPS) is 15.5. The number of allylic oxidation sites excluding steroid dienone is 2. The standard InChI is InChI=1S/C62H44N4/c1-5-35-11-13-37-17-21-45(47(9-1)57(35)37)39-19-25-55-51(29-39)53-31-41-15-16-42-32-54-52-30-40(46-22-18-38-14-12-36-6-2-10-48(46)58(36)38)20-26-56(52)66(44-8-4-28-64-34-44)62(54)50-24-23-49(59(41)60(42)50)61(53)65(55)43-7-3-27-63-33-43/h1-10,17-22,25-27,29-34,64H,11-16,23-24,28H2. The molecule has 0 fully saturated rings. The number of nitrogens with one attached hydrogen (secondary N) is 1. The van der Waals surface area contributed by atoms with Crippen molar-refractivity contribution in [2.24, 2.45) is 0 Å². The fourth-order valence-corrected chi connectivity index (χ4v) is 13.6. The monoisotopic (exact) mass is 844 g/mol. The van der Waals surface area contributed by atoms with Gasteiger partial charge in [0.25, 0.3) is 0 Å². The minimum Gasteiger partial charge on any atom is -0.386 e. The molecular weight excluding hydrogens is 801 g/mol. The van der Waals surface area contributed by atoms with Gasteiger partial charge in [-0.2, -0.15) is 0 Å². The highest BCUT2D eigenvalue weighted by molar-refractivity contribution is 6.18. The van der Waals surface area contributed by atoms with E-state index in [-0.39, 0.29) is 0 Å². The minimum absolute atomic E-state index is 0.848. The fraction of sp³-hybridized carbons (Fsp3) is 0.145. The lowest BCUT2D eigenvalue weighted by atomic mass is 9.74. The maximum Gasteiger partial charge on any atom is 0.0645 e. The summed E-state index contributed by atoms with van der Waals surface area (Å²) >= 11 is 0. The molecule has 8 aromatic carbocycles. The number of aromatic nitrogens is 3. The van der Waals surface area contributed by atoms with Crippen LogP contribution in [0.25, 0.3) is 110 Å². The second-order valence-electron chi connectivity index (χ2n) is 19.5. The van der Waals surface area contributed by atoms with E-state index in [1.807, 2.05) is 12.4 Å². The lowest BCUT2D eigenvalue weighted by molar-refractivity contribution is 0.883. The van der Waals surface area contributed by atoms with Crippen molar-refractivity contribution in [3.8, 4) is 39.1 Å². The first-order valence-electron chi connectivity index (χ1n) is 24.1. The predicted molar refractivity (Wildman–Crippen MR) is 274 cm³/mol. The van der Waals surface area contributed by atoms with Gasteiger partial charge in [-0.15, -0.1) is 0 Å². The molecule has 4 aliphatic carbocycles. The molecule has 66 heavy (non-hydrogen) atoms. The average Bonchev–Trinajstić information content (AvgIpc) is 4.16. The van der Waals surface area contributed by atoms with Gasteiger partial charge in [0.1, 0.15) is 0 Å². The zero-order valence-electron chi connectivity index (χ0n) is 36.6. The number of dihydropyridines is 1. The van der Waals surface area contributed by atoms with Crippen molar-refractivity contribution in [2.45, 2.75) is 51.4 Å². The Bertz CT molecular complexity index is 4080. The summed E-state index contributed by atoms with van der Waals surface area (Å²) in [4.78, 5) is 4.69. The van der Waals surface area contributed by atoms with Gasteiger partial charge >= 0.3 is 0 Å². The Morgan fingerprint density at radius 1 is 0.455 bits per heavy atom. The molecule has 3 aromatic heterocycles. The molecule has 0 saturated heterocycles. The van der Waals surface area contributed by atoms with E-state index >= 15 is 0 Å². The highest BCUT2D eigenvalue weighted by Gasteiger charge is 2.33. The van der Waals surface area contributed by atoms with E-state index in [0.29, 0.717) is 0 Å². The SMILES string of the molecule is C1=CC(n2c3ccc(-c4ccc5c6c(cccc46)CC5)cc3c3cc4c5c(c32)CCc2c-5c(cc3c5cc(-c6ccc7c8c(cccc68)CC7)ccc5n(-c5cccnc5)c23)CC4)=CNC1. The molecule has 312 valence electrons. The summed E-state index contributed by atoms with van der Waals surface area (Å²) < 4.78 is 5.11. The summed E-state index contributed by atoms with van der Waals surface area (Å²) in [6.45, 7) is 0.848. The molecule has 0 unspecified atom stereocenters. The van der Waals surface area contributed by atoms with Crippen molar-refractivity contribution in [3.05, 3.63) is 197 Å². The fourth-order valence-electron chi connectivity index (χ4n) is 13.6. The maximum atomic E-state index is 4.69. The van der Waals surface area contributed by atoms with Crippen LogP contribution in [0.4, 0.5) is 0 Å². The second kappa shape index (κ2) is 13.0. The maximum absolute atomic E-state index is 4.69. The van der Waals surface area contributed by atoms with Crippen LogP contribution in [0.2, 0.25) is 0 Å². The highest BCUT2D eigenvalue weighted by Crippen LogP contribution is 2.52. The molecule has 4 nitrogen and oxygen atoms in total. The summed E-state index contributed by atoms with van der Waals surface area (Å²) in [5.41, 5.74) is 27.6. The molecule has 0 atom stereocenters. The number of benzene rings is 8. The van der Waals surface area contributed by atoms with E-state index in [0.717, 1.165) is 63.6 Å². The lowest BCUT2D eigenvalue weighted by Gasteiger charge is -2.31. The van der Waals surface area contributed by atoms with Crippen molar-refractivity contribution < 1.29 is 0 Å². The Balaban J connectivity index is 0.953. The van der Waals surface area contributed by atoms with Gasteiger partial charge in [-0.25, -0.2) is 0 Å². The average molecular weight is 845 g/mol. The third-order valence-corrected chi connectivity index (χ3v) is 16.3. The smallest absolute Gasteiger partial charge is 0.0645 e. The van der Waals surface area contributed by atoms with Crippen molar-refractivity contribution in [3.63, 3.8) is 0 Å². The van der Waals surface area contributed by atoms with Crippen LogP contribution in [0.3, 0.4) is 0 Å². The van der Waals surface area contributed by atoms with Crippen molar-refractivity contribution in [1.29, 1.82) is 0 Å². The molecule has 0 amide bonds. The molecule has 4 heterocycles. The molecule has 5 aliphatic rings. The first-order valence-corrected chi connectivity index (χ1v) is 24.1. The zero-order chi connectivity index (χ0) is 42.8. The molecule has 0 saturated carbocycles. The molecular formula is C62H44N4. The topological polar surface area (TPSA) is 34.8 Å². The van der Waals surface area contributed by atoms with Crippen LogP contribution in [0, 0.1) is 0 Å². The molecule has 11 aromatic rings. The van der Waals surface area contributed by atoms with Gasteiger partial charge in [-0.1, -0.05) is 78.9 Å². The van der Waals surface area contributed by atoms with Crippen LogP contribution in [-0.4, -0.2) is 20.7 Å². The second-order valence-corrected chi connectivity index (χ2v) is 19.5. The van der Waals surface area contributed by atoms with Gasteiger partial charge in [-0.05, 0) is 205 Å². The zero-order valence-corrected chi connectivity index (χ0v) is 36.6. The Morgan fingerprint density at radius 2 is 1.02 bits per heavy atom. The number of rotatable bonds is 4. The Kier molecular flexibility index (Phi) is 7.01. The number of pyridine rings is 1. The molecule has 1 N–H and O–H groups in total. The summed E-state index contributed by atoms with van der Waals surface area (Å²) in [5.74, 6) is 0. The van der Waals surface area contributed by atoms with E-state index < -0.39 is 0 Å². The highest BCUT2D eigenvalue weighted by atomic mass is 15.0. The Morgan fingerprint density at radius 3 is 1.58 bits per heavy atom. The van der Waals surface area contributed by atoms with Crippen molar-refractivity contribution >= 4 is 70.9 Å². The third-order valence-electron chi connectivity index (χ3n) is 16.3. The molecule has 1 aliphatic heterocycles. The van der Waals surface area contributed by atoms with Gasteiger partial charge in [0, 0.05) is 40.5 Å². The molecule has 4 heteroatoms. The quantitative estimate of drug-likeness (QED) is 0.192. The largest absolute Gasteiger partial charge is 0.386 e. The van der Waals surface area contributed by atoms with Crippen molar-refractivity contribution in [2.75, 3.05) is 6.54 Å². The first-order chi connectivity index (χ1) is 32.7. The van der Waals surface area contributed by atoms with Crippen LogP contribution >= 0.6 is 0 Å². The van der Waals surface area contributed by atoms with Crippen molar-refractivity contribution in [1.82, 2.24) is 19.4 Å². The molecule has 0 bridgehead atoms. The lowest BCUT2D eigenvalue weighted by Crippen LogP contribution is -2.17. The van der Waals surface area contributed by atoms with E-state index in [9.17, 15) is 0 Å². The van der Waals surface area contributed by atoms with Crippen LogP contribution in [0.1, 0.15) is 44.5 Å². The van der Waals surface area contributed by atoms with Gasteiger partial charge < -0.3 is 14.5 Å². The van der Waals surface area contributed by atoms with Crippen LogP contribution < -0.4 is 5.32 Å². The van der Waals surface area contributed by atoms with E-state index in [2.05, 4.69) is 159 Å². The van der Waals surface area contributed by atoms with Gasteiger partial charge in [-0.3, -0.25) is 4.98 Å². The van der Waals surface area contributed by atoms with Crippen LogP contribution in [0.5, 0.6) is 0 Å². The number of hydrogen-bond acceptors (Lipinski definition) is 2. The van der Waals surface area contributed by atoms with Crippen LogP contribution in [-0.2, 0) is 51.4 Å². The van der Waals surface area contributed by atoms with E-state index in [4.69, 9.17) is 0 Å². The summed E-state index contributed by atoms with van der Waals surface area (Å²) in [6, 6.07) is 47.4. The van der Waals surface area contributed by atoms with Gasteiger partial charge in [0.15, 0.2) is 0 Å². The third kappa shape index (κ3) is 4.66. The number of aryl methyl sites for hydroxylation is 8. The molecule has 16 rings (SSSR count). The Hall–Kier alpha value is -7.69. The molecule has 0 radical (unpaired) electrons. The summed E-state index contributed by atoms with van der Waals surface area (Å²) in [7, 11) is 0. The van der Waals surface area contributed by atoms with E-state index in [1.54, 1.807) is 0 Å². The Labute approximate surface area is 382 Å². The summed E-state index contributed by atoms with van der Waals surface area (Å²) in [5, 5.41) is 14.7. The number of nitrogens with zero attached hydrogens (tertiary/aromatic N) is 3. The van der Waals surface area contributed by atoms with Gasteiger partial charge in [0.2, 0.25) is 0 Å². The summed E-state index contributed by atoms with van der Waals surface area (Å²) in [6.07, 6.45) is 19.3. The number of hydrogen-bond donors (Lipinski definition) is 1. The molecule has 0 spiro atoms. The first kappa shape index (κ1) is 35.6. The number of fused-ring (bicyclic) bond motifs is 8. The van der Waals surface area contributed by atoms with Gasteiger partial charge in [0.05, 0.1) is 39.6 Å². The van der Waals surface area contributed by atoms with Crippen LogP contribution in [0.15, 0.2) is 152 Å². The predicted octanol–water partition coefficient (Wildman–Crippen LogP) is 13.9.